The summed E-state index contributed by atoms with van der Waals surface area (Å²) in [5.74, 6) is 0.943. The maximum absolute atomic E-state index is 12.3. The minimum atomic E-state index is 0. The number of aryl methyl sites for hydroxylation is 1. The predicted molar refractivity (Wildman–Crippen MR) is 114 cm³/mol. The number of thioether (sulfide) groups is 1. The van der Waals surface area contributed by atoms with Gasteiger partial charge in [0.15, 0.2) is 0 Å². The molecule has 0 atom stereocenters. The summed E-state index contributed by atoms with van der Waals surface area (Å²) < 4.78 is 0. The molecule has 1 amide bonds. The molecule has 3 N–H and O–H groups in total. The van der Waals surface area contributed by atoms with E-state index in [2.05, 4.69) is 47.5 Å². The molecule has 0 fully saturated rings. The second kappa shape index (κ2) is 9.74. The number of benzene rings is 2. The number of hydrogen-bond donors (Lipinski definition) is 2. The lowest BCUT2D eigenvalue weighted by atomic mass is 10.00. The molecule has 1 aliphatic rings. The van der Waals surface area contributed by atoms with E-state index in [0.29, 0.717) is 13.1 Å². The van der Waals surface area contributed by atoms with Gasteiger partial charge in [0.2, 0.25) is 5.91 Å². The Kier molecular flexibility index (Phi) is 7.66. The summed E-state index contributed by atoms with van der Waals surface area (Å²) in [5, 5.41) is 3.02. The largest absolute Gasteiger partial charge is 0.398 e. The fourth-order valence-electron chi connectivity index (χ4n) is 3.12. The first-order chi connectivity index (χ1) is 12.1. The standard InChI is InChI=1S/C20H25N3OS.ClH/c1-15-7-9-16(10-8-15)25-13-11-22-20(24)14-23-12-3-4-17-18(21)5-2-6-19(17)23;/h2,5-10H,3-4,11-14,21H2,1H3,(H,22,24);1H. The number of halogens is 1. The first kappa shape index (κ1) is 20.5. The Balaban J connectivity index is 0.00000243. The molecule has 26 heavy (non-hydrogen) atoms. The molecule has 1 heterocycles. The average molecular weight is 392 g/mol. The van der Waals surface area contributed by atoms with Gasteiger partial charge in [-0.2, -0.15) is 0 Å². The summed E-state index contributed by atoms with van der Waals surface area (Å²) in [6.45, 7) is 4.06. The first-order valence-corrected chi connectivity index (χ1v) is 9.70. The number of rotatable bonds is 6. The number of carbonyl (C=O) groups is 1. The highest BCUT2D eigenvalue weighted by atomic mass is 35.5. The van der Waals surface area contributed by atoms with Gasteiger partial charge in [-0.15, -0.1) is 24.2 Å². The van der Waals surface area contributed by atoms with Crippen LogP contribution in [-0.4, -0.2) is 31.3 Å². The van der Waals surface area contributed by atoms with Crippen LogP contribution in [-0.2, 0) is 11.2 Å². The monoisotopic (exact) mass is 391 g/mol. The molecule has 2 aromatic rings. The molecule has 0 saturated heterocycles. The second-order valence-electron chi connectivity index (χ2n) is 6.38. The van der Waals surface area contributed by atoms with Crippen molar-refractivity contribution in [1.82, 2.24) is 5.32 Å². The Labute approximate surface area is 165 Å². The van der Waals surface area contributed by atoms with Crippen molar-refractivity contribution in [1.29, 1.82) is 0 Å². The minimum absolute atomic E-state index is 0. The predicted octanol–water partition coefficient (Wildman–Crippen LogP) is 3.66. The number of nitrogens with two attached hydrogens (primary N) is 1. The summed E-state index contributed by atoms with van der Waals surface area (Å²) in [4.78, 5) is 15.6. The van der Waals surface area contributed by atoms with Crippen molar-refractivity contribution in [3.8, 4) is 0 Å². The van der Waals surface area contributed by atoms with Gasteiger partial charge in [-0.1, -0.05) is 23.8 Å². The Bertz CT molecular complexity index is 736. The van der Waals surface area contributed by atoms with Crippen LogP contribution in [0.2, 0.25) is 0 Å². The van der Waals surface area contributed by atoms with Crippen LogP contribution in [0, 0.1) is 6.92 Å². The average Bonchev–Trinajstić information content (AvgIpc) is 2.61. The highest BCUT2D eigenvalue weighted by Crippen LogP contribution is 2.30. The number of nitrogen functional groups attached to an aromatic ring is 1. The Morgan fingerprint density at radius 3 is 2.77 bits per heavy atom. The zero-order chi connectivity index (χ0) is 17.6. The SMILES string of the molecule is Cc1ccc(SCCNC(=O)CN2CCCc3c(N)cccc32)cc1.Cl. The number of hydrogen-bond acceptors (Lipinski definition) is 4. The van der Waals surface area contributed by atoms with Crippen molar-refractivity contribution in [2.75, 3.05) is 36.0 Å². The van der Waals surface area contributed by atoms with Crippen molar-refractivity contribution < 1.29 is 4.79 Å². The molecule has 0 bridgehead atoms. The van der Waals surface area contributed by atoms with E-state index in [1.165, 1.54) is 16.0 Å². The number of fused-ring (bicyclic) bond motifs is 1. The summed E-state index contributed by atoms with van der Waals surface area (Å²) >= 11 is 1.76. The first-order valence-electron chi connectivity index (χ1n) is 8.72. The topological polar surface area (TPSA) is 58.4 Å². The lowest BCUT2D eigenvalue weighted by Crippen LogP contribution is -2.40. The summed E-state index contributed by atoms with van der Waals surface area (Å²) in [5.41, 5.74) is 10.4. The Morgan fingerprint density at radius 1 is 1.23 bits per heavy atom. The van der Waals surface area contributed by atoms with Crippen molar-refractivity contribution in [2.45, 2.75) is 24.7 Å². The van der Waals surface area contributed by atoms with Crippen molar-refractivity contribution in [3.05, 3.63) is 53.6 Å². The van der Waals surface area contributed by atoms with Crippen LogP contribution in [0.25, 0.3) is 0 Å². The third-order valence-corrected chi connectivity index (χ3v) is 5.45. The van der Waals surface area contributed by atoms with E-state index >= 15 is 0 Å². The van der Waals surface area contributed by atoms with Gasteiger partial charge in [0.1, 0.15) is 0 Å². The number of nitrogens with zero attached hydrogens (tertiary/aromatic N) is 1. The molecule has 6 heteroatoms. The summed E-state index contributed by atoms with van der Waals surface area (Å²) in [6, 6.07) is 14.4. The highest BCUT2D eigenvalue weighted by molar-refractivity contribution is 7.99. The molecule has 0 spiro atoms. The zero-order valence-electron chi connectivity index (χ0n) is 15.0. The number of carbonyl (C=O) groups excluding carboxylic acids is 1. The molecule has 4 nitrogen and oxygen atoms in total. The molecule has 1 aliphatic heterocycles. The number of nitrogens with one attached hydrogen (secondary N) is 1. The van der Waals surface area contributed by atoms with Gasteiger partial charge in [-0.05, 0) is 49.6 Å². The third kappa shape index (κ3) is 5.32. The van der Waals surface area contributed by atoms with Gasteiger partial charge in [-0.3, -0.25) is 4.79 Å². The van der Waals surface area contributed by atoms with Gasteiger partial charge in [0.05, 0.1) is 6.54 Å². The van der Waals surface area contributed by atoms with E-state index in [1.54, 1.807) is 11.8 Å². The van der Waals surface area contributed by atoms with Crippen LogP contribution < -0.4 is 16.0 Å². The smallest absolute Gasteiger partial charge is 0.239 e. The molecule has 0 radical (unpaired) electrons. The second-order valence-corrected chi connectivity index (χ2v) is 7.55. The van der Waals surface area contributed by atoms with Crippen LogP contribution in [0.1, 0.15) is 17.5 Å². The number of amides is 1. The van der Waals surface area contributed by atoms with E-state index in [9.17, 15) is 4.79 Å². The third-order valence-electron chi connectivity index (χ3n) is 4.43. The van der Waals surface area contributed by atoms with Crippen LogP contribution in [0.4, 0.5) is 11.4 Å². The van der Waals surface area contributed by atoms with Crippen molar-refractivity contribution >= 4 is 41.5 Å². The molecule has 0 aliphatic carbocycles. The van der Waals surface area contributed by atoms with Crippen LogP contribution >= 0.6 is 24.2 Å². The molecule has 2 aromatic carbocycles. The van der Waals surface area contributed by atoms with Gasteiger partial charge in [-0.25, -0.2) is 0 Å². The van der Waals surface area contributed by atoms with Gasteiger partial charge in [0.25, 0.3) is 0 Å². The molecule has 0 saturated carbocycles. The summed E-state index contributed by atoms with van der Waals surface area (Å²) in [6.07, 6.45) is 2.03. The van der Waals surface area contributed by atoms with Gasteiger partial charge >= 0.3 is 0 Å². The van der Waals surface area contributed by atoms with Crippen LogP contribution in [0.3, 0.4) is 0 Å². The number of anilines is 2. The zero-order valence-corrected chi connectivity index (χ0v) is 16.7. The lowest BCUT2D eigenvalue weighted by molar-refractivity contribution is -0.119. The van der Waals surface area contributed by atoms with Crippen LogP contribution in [0.5, 0.6) is 0 Å². The molecule has 3 rings (SSSR count). The van der Waals surface area contributed by atoms with E-state index in [0.717, 1.165) is 36.5 Å². The van der Waals surface area contributed by atoms with E-state index < -0.39 is 0 Å². The molecular formula is C20H26ClN3OS. The molecule has 0 aromatic heterocycles. The maximum atomic E-state index is 12.3. The van der Waals surface area contributed by atoms with E-state index in [1.807, 2.05) is 12.1 Å². The van der Waals surface area contributed by atoms with Gasteiger partial charge < -0.3 is 16.0 Å². The van der Waals surface area contributed by atoms with Gasteiger partial charge in [0, 0.05) is 35.1 Å². The fraction of sp³-hybridized carbons (Fsp3) is 0.350. The van der Waals surface area contributed by atoms with Crippen LogP contribution in [0.15, 0.2) is 47.4 Å². The fourth-order valence-corrected chi connectivity index (χ4v) is 3.88. The Hall–Kier alpha value is -1.85. The normalized spacial score (nSPS) is 12.9. The highest BCUT2D eigenvalue weighted by Gasteiger charge is 2.20. The summed E-state index contributed by atoms with van der Waals surface area (Å²) in [7, 11) is 0. The van der Waals surface area contributed by atoms with Crippen molar-refractivity contribution in [3.63, 3.8) is 0 Å². The van der Waals surface area contributed by atoms with E-state index in [4.69, 9.17) is 5.73 Å². The lowest BCUT2D eigenvalue weighted by Gasteiger charge is -2.31. The molecule has 140 valence electrons. The quantitative estimate of drug-likeness (QED) is 0.448. The van der Waals surface area contributed by atoms with Crippen molar-refractivity contribution in [2.24, 2.45) is 0 Å². The van der Waals surface area contributed by atoms with E-state index in [-0.39, 0.29) is 18.3 Å². The maximum Gasteiger partial charge on any atom is 0.239 e. The Morgan fingerprint density at radius 2 is 2.00 bits per heavy atom. The molecule has 0 unspecified atom stereocenters. The minimum Gasteiger partial charge on any atom is -0.398 e. The molecular weight excluding hydrogens is 366 g/mol.